The van der Waals surface area contributed by atoms with Crippen LogP contribution in [0.1, 0.15) is 39.5 Å². The van der Waals surface area contributed by atoms with E-state index in [9.17, 15) is 0 Å². The highest BCUT2D eigenvalue weighted by molar-refractivity contribution is 7.80. The second kappa shape index (κ2) is 7.85. The first-order valence-electron chi connectivity index (χ1n) is 6.32. The Morgan fingerprint density at radius 1 is 1.31 bits per heavy atom. The first-order valence-corrected chi connectivity index (χ1v) is 6.72. The molecule has 0 atom stereocenters. The molecule has 0 aliphatic heterocycles. The number of nitrogens with one attached hydrogen (secondary N) is 2. The molecule has 0 bridgehead atoms. The van der Waals surface area contributed by atoms with Crippen molar-refractivity contribution in [2.45, 2.75) is 45.6 Å². The number of ether oxygens (including phenoxy) is 1. The molecular formula is C12H24N2OS. The summed E-state index contributed by atoms with van der Waals surface area (Å²) in [5, 5.41) is 7.07. The topological polar surface area (TPSA) is 33.3 Å². The second-order valence-corrected chi connectivity index (χ2v) is 5.22. The van der Waals surface area contributed by atoms with Crippen molar-refractivity contribution in [2.24, 2.45) is 5.92 Å². The lowest BCUT2D eigenvalue weighted by Crippen LogP contribution is -2.39. The molecule has 0 spiro atoms. The van der Waals surface area contributed by atoms with E-state index in [1.165, 1.54) is 25.7 Å². The molecule has 0 aromatic heterocycles. The zero-order chi connectivity index (χ0) is 11.8. The Hall–Kier alpha value is -0.350. The van der Waals surface area contributed by atoms with Crippen molar-refractivity contribution in [3.05, 3.63) is 0 Å². The van der Waals surface area contributed by atoms with Gasteiger partial charge in [0.1, 0.15) is 0 Å². The number of hydrogen-bond donors (Lipinski definition) is 2. The summed E-state index contributed by atoms with van der Waals surface area (Å²) < 4.78 is 5.73. The lowest BCUT2D eigenvalue weighted by molar-refractivity contribution is 0.0623. The number of rotatable bonds is 6. The van der Waals surface area contributed by atoms with Gasteiger partial charge in [0.2, 0.25) is 0 Å². The zero-order valence-electron chi connectivity index (χ0n) is 10.4. The summed E-state index contributed by atoms with van der Waals surface area (Å²) >= 11 is 5.14. The van der Waals surface area contributed by atoms with Crippen LogP contribution >= 0.6 is 12.2 Å². The summed E-state index contributed by atoms with van der Waals surface area (Å²) in [7, 11) is 0. The summed E-state index contributed by atoms with van der Waals surface area (Å²) in [5.41, 5.74) is 0. The highest BCUT2D eigenvalue weighted by atomic mass is 32.1. The lowest BCUT2D eigenvalue weighted by atomic mass is 10.2. The molecule has 0 aromatic carbocycles. The van der Waals surface area contributed by atoms with Gasteiger partial charge in [0.05, 0.1) is 12.7 Å². The summed E-state index contributed by atoms with van der Waals surface area (Å²) in [5.74, 6) is 0.620. The normalized spacial score (nSPS) is 16.7. The maximum Gasteiger partial charge on any atom is 0.166 e. The molecule has 0 heterocycles. The average molecular weight is 244 g/mol. The van der Waals surface area contributed by atoms with Crippen LogP contribution in [-0.2, 0) is 4.74 Å². The Morgan fingerprint density at radius 2 is 2.00 bits per heavy atom. The SMILES string of the molecule is CC(C)CNC(=S)NCCOC1CCCC1. The Balaban J connectivity index is 1.91. The molecule has 1 aliphatic carbocycles. The monoisotopic (exact) mass is 244 g/mol. The van der Waals surface area contributed by atoms with E-state index in [1.54, 1.807) is 0 Å². The van der Waals surface area contributed by atoms with Gasteiger partial charge in [-0.15, -0.1) is 0 Å². The molecule has 0 radical (unpaired) electrons. The van der Waals surface area contributed by atoms with E-state index in [0.717, 1.165) is 24.8 Å². The zero-order valence-corrected chi connectivity index (χ0v) is 11.2. The fourth-order valence-electron chi connectivity index (χ4n) is 1.80. The smallest absolute Gasteiger partial charge is 0.166 e. The summed E-state index contributed by atoms with van der Waals surface area (Å²) in [4.78, 5) is 0. The van der Waals surface area contributed by atoms with Crippen LogP contribution < -0.4 is 10.6 Å². The minimum absolute atomic E-state index is 0.499. The van der Waals surface area contributed by atoms with Crippen LogP contribution in [0.5, 0.6) is 0 Å². The Labute approximate surface area is 104 Å². The second-order valence-electron chi connectivity index (χ2n) is 4.81. The van der Waals surface area contributed by atoms with Crippen LogP contribution in [-0.4, -0.2) is 30.9 Å². The largest absolute Gasteiger partial charge is 0.376 e. The van der Waals surface area contributed by atoms with E-state index in [0.29, 0.717) is 12.0 Å². The van der Waals surface area contributed by atoms with E-state index >= 15 is 0 Å². The maximum atomic E-state index is 5.73. The predicted octanol–water partition coefficient (Wildman–Crippen LogP) is 2.07. The van der Waals surface area contributed by atoms with Crippen LogP contribution in [0.15, 0.2) is 0 Å². The summed E-state index contributed by atoms with van der Waals surface area (Å²) in [6.45, 7) is 6.82. The van der Waals surface area contributed by atoms with Crippen LogP contribution in [0.3, 0.4) is 0 Å². The molecule has 94 valence electrons. The van der Waals surface area contributed by atoms with Crippen LogP contribution in [0.25, 0.3) is 0 Å². The van der Waals surface area contributed by atoms with Crippen molar-refractivity contribution in [1.82, 2.24) is 10.6 Å². The van der Waals surface area contributed by atoms with E-state index in [1.807, 2.05) is 0 Å². The minimum atomic E-state index is 0.499. The first-order chi connectivity index (χ1) is 7.68. The fourth-order valence-corrected chi connectivity index (χ4v) is 1.99. The Morgan fingerprint density at radius 3 is 2.62 bits per heavy atom. The molecule has 0 aromatic rings. The van der Waals surface area contributed by atoms with Gasteiger partial charge in [-0.25, -0.2) is 0 Å². The summed E-state index contributed by atoms with van der Waals surface area (Å²) in [6, 6.07) is 0. The van der Waals surface area contributed by atoms with Gasteiger partial charge < -0.3 is 15.4 Å². The Bertz CT molecular complexity index is 203. The first kappa shape index (κ1) is 13.7. The van der Waals surface area contributed by atoms with E-state index in [2.05, 4.69) is 24.5 Å². The van der Waals surface area contributed by atoms with Crippen molar-refractivity contribution < 1.29 is 4.74 Å². The predicted molar refractivity (Wildman–Crippen MR) is 71.6 cm³/mol. The molecule has 0 unspecified atom stereocenters. The van der Waals surface area contributed by atoms with E-state index in [4.69, 9.17) is 17.0 Å². The van der Waals surface area contributed by atoms with Crippen molar-refractivity contribution in [1.29, 1.82) is 0 Å². The molecule has 2 N–H and O–H groups in total. The molecule has 1 aliphatic rings. The van der Waals surface area contributed by atoms with Crippen molar-refractivity contribution in [2.75, 3.05) is 19.7 Å². The minimum Gasteiger partial charge on any atom is -0.376 e. The van der Waals surface area contributed by atoms with Gasteiger partial charge in [-0.2, -0.15) is 0 Å². The van der Waals surface area contributed by atoms with Crippen molar-refractivity contribution in [3.63, 3.8) is 0 Å². The van der Waals surface area contributed by atoms with E-state index < -0.39 is 0 Å². The van der Waals surface area contributed by atoms with Gasteiger partial charge in [0, 0.05) is 13.1 Å². The lowest BCUT2D eigenvalue weighted by Gasteiger charge is -2.14. The molecular weight excluding hydrogens is 220 g/mol. The van der Waals surface area contributed by atoms with Gasteiger partial charge in [-0.1, -0.05) is 26.7 Å². The quantitative estimate of drug-likeness (QED) is 0.553. The third-order valence-corrected chi connectivity index (χ3v) is 3.00. The fraction of sp³-hybridized carbons (Fsp3) is 0.917. The molecule has 0 amide bonds. The van der Waals surface area contributed by atoms with Crippen LogP contribution in [0.4, 0.5) is 0 Å². The average Bonchev–Trinajstić information content (AvgIpc) is 2.74. The molecule has 4 heteroatoms. The Kier molecular flexibility index (Phi) is 6.73. The van der Waals surface area contributed by atoms with Gasteiger partial charge >= 0.3 is 0 Å². The standard InChI is InChI=1S/C12H24N2OS/c1-10(2)9-14-12(16)13-7-8-15-11-5-3-4-6-11/h10-11H,3-9H2,1-2H3,(H2,13,14,16). The molecule has 1 rings (SSSR count). The third-order valence-electron chi connectivity index (χ3n) is 2.71. The van der Waals surface area contributed by atoms with Gasteiger partial charge in [-0.3, -0.25) is 0 Å². The van der Waals surface area contributed by atoms with E-state index in [-0.39, 0.29) is 0 Å². The van der Waals surface area contributed by atoms with Crippen LogP contribution in [0.2, 0.25) is 0 Å². The molecule has 3 nitrogen and oxygen atoms in total. The van der Waals surface area contributed by atoms with Gasteiger partial charge in [0.15, 0.2) is 5.11 Å². The number of hydrogen-bond acceptors (Lipinski definition) is 2. The molecule has 1 saturated carbocycles. The van der Waals surface area contributed by atoms with Gasteiger partial charge in [0.25, 0.3) is 0 Å². The highest BCUT2D eigenvalue weighted by Gasteiger charge is 2.14. The van der Waals surface area contributed by atoms with Crippen molar-refractivity contribution >= 4 is 17.3 Å². The van der Waals surface area contributed by atoms with Crippen molar-refractivity contribution in [3.8, 4) is 0 Å². The summed E-state index contributed by atoms with van der Waals surface area (Å²) in [6.07, 6.45) is 5.62. The maximum absolute atomic E-state index is 5.73. The third kappa shape index (κ3) is 6.28. The molecule has 1 fully saturated rings. The number of thiocarbonyl (C=S) groups is 1. The van der Waals surface area contributed by atoms with Crippen LogP contribution in [0, 0.1) is 5.92 Å². The molecule has 0 saturated heterocycles. The molecule has 16 heavy (non-hydrogen) atoms. The van der Waals surface area contributed by atoms with Gasteiger partial charge in [-0.05, 0) is 31.0 Å². The highest BCUT2D eigenvalue weighted by Crippen LogP contribution is 2.20.